The summed E-state index contributed by atoms with van der Waals surface area (Å²) in [7, 11) is 3.14. The van der Waals surface area contributed by atoms with E-state index >= 15 is 0 Å². The van der Waals surface area contributed by atoms with Crippen molar-refractivity contribution in [3.8, 4) is 11.5 Å². The molecule has 21 heavy (non-hydrogen) atoms. The summed E-state index contributed by atoms with van der Waals surface area (Å²) in [6.45, 7) is 1.36. The molecule has 0 atom stereocenters. The number of rotatable bonds is 5. The lowest BCUT2D eigenvalue weighted by atomic mass is 10.1. The van der Waals surface area contributed by atoms with Gasteiger partial charge in [-0.15, -0.1) is 0 Å². The first-order valence-electron chi connectivity index (χ1n) is 6.35. The molecule has 0 spiro atoms. The van der Waals surface area contributed by atoms with Gasteiger partial charge in [0.1, 0.15) is 11.5 Å². The molecule has 1 heterocycles. The van der Waals surface area contributed by atoms with Crippen molar-refractivity contribution in [2.75, 3.05) is 14.2 Å². The number of carbonyl (C=O) groups excluding carboxylic acids is 2. The molecule has 0 aliphatic heterocycles. The number of nitrogens with one attached hydrogen (secondary N) is 1. The van der Waals surface area contributed by atoms with Gasteiger partial charge in [-0.1, -0.05) is 0 Å². The first kappa shape index (κ1) is 14.8. The zero-order valence-corrected chi connectivity index (χ0v) is 12.1. The normalized spacial score (nSPS) is 10.2. The summed E-state index contributed by atoms with van der Waals surface area (Å²) in [6.07, 6.45) is 1.62. The number of amides is 1. The summed E-state index contributed by atoms with van der Waals surface area (Å²) in [6, 6.07) is 5.39. The van der Waals surface area contributed by atoms with Gasteiger partial charge in [-0.05, 0) is 18.2 Å². The molecule has 1 aromatic carbocycles. The second-order valence-corrected chi connectivity index (χ2v) is 4.39. The van der Waals surface area contributed by atoms with E-state index in [1.165, 1.54) is 6.92 Å². The number of fused-ring (bicyclic) bond motifs is 1. The first-order chi connectivity index (χ1) is 10.1. The number of aromatic nitrogens is 1. The van der Waals surface area contributed by atoms with Crippen molar-refractivity contribution in [2.24, 2.45) is 0 Å². The number of benzene rings is 1. The summed E-state index contributed by atoms with van der Waals surface area (Å²) in [4.78, 5) is 26.6. The van der Waals surface area contributed by atoms with E-state index in [9.17, 15) is 9.59 Å². The second-order valence-electron chi connectivity index (χ2n) is 4.39. The van der Waals surface area contributed by atoms with Crippen LogP contribution in [-0.2, 0) is 16.1 Å². The van der Waals surface area contributed by atoms with Gasteiger partial charge in [-0.2, -0.15) is 0 Å². The zero-order chi connectivity index (χ0) is 15.4. The fourth-order valence-electron chi connectivity index (χ4n) is 2.08. The summed E-state index contributed by atoms with van der Waals surface area (Å²) in [5.41, 5.74) is 0.609. The van der Waals surface area contributed by atoms with Gasteiger partial charge in [0.25, 0.3) is 5.91 Å². The minimum atomic E-state index is -0.643. The molecule has 0 saturated heterocycles. The number of methoxy groups -OCH3 is 2. The highest BCUT2D eigenvalue weighted by atomic mass is 16.5. The third-order valence-corrected chi connectivity index (χ3v) is 3.10. The molecule has 2 aromatic rings. The molecule has 1 N–H and O–H groups in total. The largest absolute Gasteiger partial charge is 0.496 e. The van der Waals surface area contributed by atoms with Crippen molar-refractivity contribution >= 4 is 22.5 Å². The Hall–Kier alpha value is -2.63. The Balaban J connectivity index is 2.48. The van der Waals surface area contributed by atoms with Gasteiger partial charge in [0.15, 0.2) is 0 Å². The Kier molecular flexibility index (Phi) is 4.37. The van der Waals surface area contributed by atoms with Crippen LogP contribution in [0, 0.1) is 0 Å². The van der Waals surface area contributed by atoms with Crippen LogP contribution in [-0.4, -0.2) is 30.9 Å². The fraction of sp³-hybridized carbons (Fsp3) is 0.267. The van der Waals surface area contributed by atoms with Crippen LogP contribution in [0.4, 0.5) is 0 Å². The molecule has 0 aliphatic rings. The Morgan fingerprint density at radius 3 is 2.43 bits per heavy atom. The van der Waals surface area contributed by atoms with E-state index in [1.54, 1.807) is 32.5 Å². The van der Waals surface area contributed by atoms with E-state index in [2.05, 4.69) is 10.3 Å². The van der Waals surface area contributed by atoms with Crippen LogP contribution in [0.15, 0.2) is 24.4 Å². The third-order valence-electron chi connectivity index (χ3n) is 3.10. The van der Waals surface area contributed by atoms with Crippen LogP contribution in [0.5, 0.6) is 11.5 Å². The molecule has 0 saturated carbocycles. The van der Waals surface area contributed by atoms with Crippen LogP contribution >= 0.6 is 0 Å². The molecule has 1 aromatic heterocycles. The van der Waals surface area contributed by atoms with Gasteiger partial charge in [-0.3, -0.25) is 14.6 Å². The van der Waals surface area contributed by atoms with Crippen LogP contribution in [0.3, 0.4) is 0 Å². The van der Waals surface area contributed by atoms with Gasteiger partial charge < -0.3 is 14.8 Å². The first-order valence-corrected chi connectivity index (χ1v) is 6.35. The molecule has 0 bridgehead atoms. The van der Waals surface area contributed by atoms with Gasteiger partial charge in [0.2, 0.25) is 5.78 Å². The van der Waals surface area contributed by atoms with Crippen molar-refractivity contribution in [3.63, 3.8) is 0 Å². The van der Waals surface area contributed by atoms with Gasteiger partial charge in [0, 0.05) is 18.5 Å². The van der Waals surface area contributed by atoms with Crippen molar-refractivity contribution in [1.82, 2.24) is 10.3 Å². The number of ether oxygens (including phenoxy) is 2. The summed E-state index contributed by atoms with van der Waals surface area (Å²) in [5.74, 6) is 0.133. The van der Waals surface area contributed by atoms with Crippen LogP contribution in [0.1, 0.15) is 12.6 Å². The summed E-state index contributed by atoms with van der Waals surface area (Å²) in [5, 5.41) is 4.12. The van der Waals surface area contributed by atoms with Crippen LogP contribution in [0.2, 0.25) is 0 Å². The Labute approximate surface area is 122 Å². The molecule has 0 fully saturated rings. The Bertz CT molecular complexity index is 697. The van der Waals surface area contributed by atoms with Crippen molar-refractivity contribution < 1.29 is 19.1 Å². The predicted octanol–water partition coefficient (Wildman–Crippen LogP) is 1.46. The van der Waals surface area contributed by atoms with Crippen molar-refractivity contribution in [1.29, 1.82) is 0 Å². The number of nitrogens with zero attached hydrogens (tertiary/aromatic N) is 1. The van der Waals surface area contributed by atoms with Crippen molar-refractivity contribution in [2.45, 2.75) is 13.5 Å². The van der Waals surface area contributed by atoms with Gasteiger partial charge in [-0.25, -0.2) is 0 Å². The Morgan fingerprint density at radius 1 is 1.14 bits per heavy atom. The number of carbonyl (C=O) groups is 2. The van der Waals surface area contributed by atoms with E-state index in [4.69, 9.17) is 9.47 Å². The van der Waals surface area contributed by atoms with Crippen LogP contribution in [0.25, 0.3) is 10.8 Å². The smallest absolute Gasteiger partial charge is 0.287 e. The number of ketones is 1. The molecular formula is C15H16N2O4. The number of hydrogen-bond donors (Lipinski definition) is 1. The third kappa shape index (κ3) is 2.94. The lowest BCUT2D eigenvalue weighted by molar-refractivity contribution is -0.136. The molecule has 6 heteroatoms. The number of pyridine rings is 1. The molecule has 1 amide bonds. The highest BCUT2D eigenvalue weighted by molar-refractivity contribution is 6.35. The van der Waals surface area contributed by atoms with E-state index in [-0.39, 0.29) is 6.54 Å². The number of hydrogen-bond acceptors (Lipinski definition) is 5. The minimum absolute atomic E-state index is 0.138. The fourth-order valence-corrected chi connectivity index (χ4v) is 2.08. The number of Topliss-reactive ketones (excluding diaryl/α,β-unsaturated/α-hetero) is 1. The van der Waals surface area contributed by atoms with Gasteiger partial charge >= 0.3 is 0 Å². The van der Waals surface area contributed by atoms with E-state index in [0.29, 0.717) is 17.2 Å². The highest BCUT2D eigenvalue weighted by Gasteiger charge is 2.14. The average molecular weight is 288 g/mol. The maximum Gasteiger partial charge on any atom is 0.287 e. The Morgan fingerprint density at radius 2 is 1.81 bits per heavy atom. The zero-order valence-electron chi connectivity index (χ0n) is 12.1. The minimum Gasteiger partial charge on any atom is -0.496 e. The van der Waals surface area contributed by atoms with E-state index in [1.807, 2.05) is 6.07 Å². The molecule has 2 rings (SSSR count). The molecule has 0 unspecified atom stereocenters. The predicted molar refractivity (Wildman–Crippen MR) is 77.4 cm³/mol. The maximum absolute atomic E-state index is 11.4. The molecule has 0 aliphatic carbocycles. The van der Waals surface area contributed by atoms with E-state index < -0.39 is 11.7 Å². The monoisotopic (exact) mass is 288 g/mol. The molecule has 0 radical (unpaired) electrons. The van der Waals surface area contributed by atoms with Crippen molar-refractivity contribution in [3.05, 3.63) is 30.1 Å². The maximum atomic E-state index is 11.4. The highest BCUT2D eigenvalue weighted by Crippen LogP contribution is 2.34. The summed E-state index contributed by atoms with van der Waals surface area (Å²) >= 11 is 0. The topological polar surface area (TPSA) is 77.5 Å². The van der Waals surface area contributed by atoms with E-state index in [0.717, 1.165) is 10.8 Å². The lowest BCUT2D eigenvalue weighted by Crippen LogP contribution is -2.29. The standard InChI is InChI=1S/C15H16N2O4/c1-9(18)15(19)17-8-11-14-10(6-7-16-11)12(20-2)4-5-13(14)21-3/h4-7H,8H2,1-3H3,(H,17,19). The lowest BCUT2D eigenvalue weighted by Gasteiger charge is -2.13. The SMILES string of the molecule is COc1ccc(OC)c2c(CNC(=O)C(C)=O)nccc12. The summed E-state index contributed by atoms with van der Waals surface area (Å²) < 4.78 is 10.7. The quantitative estimate of drug-likeness (QED) is 0.843. The average Bonchev–Trinajstić information content (AvgIpc) is 2.51. The second kappa shape index (κ2) is 6.21. The van der Waals surface area contributed by atoms with Crippen LogP contribution < -0.4 is 14.8 Å². The molecule has 110 valence electrons. The van der Waals surface area contributed by atoms with Gasteiger partial charge in [0.05, 0.1) is 31.8 Å². The molecule has 6 nitrogen and oxygen atoms in total. The molecular weight excluding hydrogens is 272 g/mol.